The van der Waals surface area contributed by atoms with Crippen molar-refractivity contribution in [2.45, 2.75) is 0 Å². The molecule has 0 aromatic heterocycles. The van der Waals surface area contributed by atoms with Gasteiger partial charge in [0.2, 0.25) is 5.91 Å². The third-order valence-corrected chi connectivity index (χ3v) is 2.04. The van der Waals surface area contributed by atoms with Gasteiger partial charge < -0.3 is 15.8 Å². The summed E-state index contributed by atoms with van der Waals surface area (Å²) < 4.78 is 4.96. The van der Waals surface area contributed by atoms with Crippen LogP contribution < -0.4 is 11.1 Å². The number of nitrogens with one attached hydrogen (secondary N) is 1. The van der Waals surface area contributed by atoms with E-state index in [0.717, 1.165) is 0 Å². The van der Waals surface area contributed by atoms with Gasteiger partial charge in [0.1, 0.15) is 5.41 Å². The van der Waals surface area contributed by atoms with Gasteiger partial charge >= 0.3 is 0 Å². The maximum atomic E-state index is 11.4. The Hall–Kier alpha value is -0.870. The van der Waals surface area contributed by atoms with Gasteiger partial charge in [-0.3, -0.25) is 4.79 Å². The summed E-state index contributed by atoms with van der Waals surface area (Å²) in [5.74, 6) is -0.0313. The molecule has 0 unspecified atom stereocenters. The summed E-state index contributed by atoms with van der Waals surface area (Å²) >= 11 is 0. The van der Waals surface area contributed by atoms with Crippen molar-refractivity contribution in [3.05, 3.63) is 12.7 Å². The lowest BCUT2D eigenvalue weighted by Crippen LogP contribution is -2.58. The molecule has 0 aliphatic carbocycles. The summed E-state index contributed by atoms with van der Waals surface area (Å²) in [5.41, 5.74) is 5.01. The van der Waals surface area contributed by atoms with Crippen molar-refractivity contribution in [2.24, 2.45) is 11.1 Å². The molecule has 4 heteroatoms. The molecule has 1 aliphatic rings. The molecule has 0 atom stereocenters. The van der Waals surface area contributed by atoms with Crippen LogP contribution in [0, 0.1) is 5.41 Å². The second-order valence-electron chi connectivity index (χ2n) is 2.98. The summed E-state index contributed by atoms with van der Waals surface area (Å²) in [6.45, 7) is 5.21. The molecule has 1 fully saturated rings. The molecule has 0 saturated carbocycles. The lowest BCUT2D eigenvalue weighted by Gasteiger charge is -2.38. The second-order valence-corrected chi connectivity index (χ2v) is 2.98. The Balaban J connectivity index is 2.43. The molecule has 68 valence electrons. The van der Waals surface area contributed by atoms with Crippen LogP contribution in [0.15, 0.2) is 12.7 Å². The van der Waals surface area contributed by atoms with Crippen LogP contribution in [0.4, 0.5) is 0 Å². The highest BCUT2D eigenvalue weighted by atomic mass is 16.5. The van der Waals surface area contributed by atoms with E-state index in [2.05, 4.69) is 11.9 Å². The van der Waals surface area contributed by atoms with E-state index >= 15 is 0 Å². The van der Waals surface area contributed by atoms with Crippen molar-refractivity contribution in [1.82, 2.24) is 5.32 Å². The van der Waals surface area contributed by atoms with Crippen molar-refractivity contribution in [3.8, 4) is 0 Å². The topological polar surface area (TPSA) is 64.4 Å². The van der Waals surface area contributed by atoms with Crippen LogP contribution in [-0.4, -0.2) is 32.2 Å². The lowest BCUT2D eigenvalue weighted by molar-refractivity contribution is -0.159. The van der Waals surface area contributed by atoms with E-state index in [1.54, 1.807) is 6.08 Å². The van der Waals surface area contributed by atoms with Crippen molar-refractivity contribution in [3.63, 3.8) is 0 Å². The van der Waals surface area contributed by atoms with Crippen LogP contribution >= 0.6 is 0 Å². The van der Waals surface area contributed by atoms with E-state index in [1.165, 1.54) is 0 Å². The number of rotatable bonds is 4. The Labute approximate surface area is 71.8 Å². The van der Waals surface area contributed by atoms with Crippen LogP contribution in [0.3, 0.4) is 0 Å². The lowest BCUT2D eigenvalue weighted by atomic mass is 9.85. The molecule has 0 radical (unpaired) electrons. The third kappa shape index (κ3) is 1.49. The number of carbonyl (C=O) groups is 1. The average molecular weight is 170 g/mol. The van der Waals surface area contributed by atoms with Crippen molar-refractivity contribution in [2.75, 3.05) is 26.3 Å². The SMILES string of the molecule is C=CCNC(=O)C1(CN)COC1. The van der Waals surface area contributed by atoms with Crippen molar-refractivity contribution >= 4 is 5.91 Å². The van der Waals surface area contributed by atoms with Crippen LogP contribution in [0.2, 0.25) is 0 Å². The maximum Gasteiger partial charge on any atom is 0.232 e. The monoisotopic (exact) mass is 170 g/mol. The summed E-state index contributed by atoms with van der Waals surface area (Å²) in [6.07, 6.45) is 1.64. The summed E-state index contributed by atoms with van der Waals surface area (Å²) in [4.78, 5) is 11.4. The van der Waals surface area contributed by atoms with E-state index in [-0.39, 0.29) is 5.91 Å². The molecular formula is C8H14N2O2. The molecule has 0 aromatic carbocycles. The van der Waals surface area contributed by atoms with Gasteiger partial charge in [-0.15, -0.1) is 6.58 Å². The zero-order chi connectivity index (χ0) is 9.03. The number of amides is 1. The smallest absolute Gasteiger partial charge is 0.232 e. The van der Waals surface area contributed by atoms with Crippen LogP contribution in [0.5, 0.6) is 0 Å². The Morgan fingerprint density at radius 2 is 2.42 bits per heavy atom. The zero-order valence-corrected chi connectivity index (χ0v) is 7.01. The van der Waals surface area contributed by atoms with Gasteiger partial charge in [-0.2, -0.15) is 0 Å². The molecule has 0 bridgehead atoms. The molecule has 1 saturated heterocycles. The highest BCUT2D eigenvalue weighted by Crippen LogP contribution is 2.25. The molecule has 3 N–H and O–H groups in total. The molecular weight excluding hydrogens is 156 g/mol. The third-order valence-electron chi connectivity index (χ3n) is 2.04. The minimum Gasteiger partial charge on any atom is -0.379 e. The fourth-order valence-electron chi connectivity index (χ4n) is 1.04. The van der Waals surface area contributed by atoms with E-state index in [0.29, 0.717) is 26.3 Å². The first-order valence-electron chi connectivity index (χ1n) is 3.92. The standard InChI is InChI=1S/C8H14N2O2/c1-2-3-10-7(11)8(4-9)5-12-6-8/h2H,1,3-6,9H2,(H,10,11). The van der Waals surface area contributed by atoms with E-state index in [4.69, 9.17) is 10.5 Å². The zero-order valence-electron chi connectivity index (χ0n) is 7.01. The fraction of sp³-hybridized carbons (Fsp3) is 0.625. The van der Waals surface area contributed by atoms with Gasteiger partial charge in [0, 0.05) is 13.1 Å². The van der Waals surface area contributed by atoms with Crippen LogP contribution in [-0.2, 0) is 9.53 Å². The number of ether oxygens (including phenoxy) is 1. The molecule has 1 heterocycles. The first kappa shape index (κ1) is 9.22. The fourth-order valence-corrected chi connectivity index (χ4v) is 1.04. The van der Waals surface area contributed by atoms with E-state index in [9.17, 15) is 4.79 Å². The molecule has 1 aliphatic heterocycles. The first-order valence-corrected chi connectivity index (χ1v) is 3.92. The van der Waals surface area contributed by atoms with Gasteiger partial charge in [0.05, 0.1) is 13.2 Å². The second kappa shape index (κ2) is 3.69. The predicted octanol–water partition coefficient (Wildman–Crippen LogP) is -0.736. The van der Waals surface area contributed by atoms with E-state index in [1.807, 2.05) is 0 Å². The Kier molecular flexibility index (Phi) is 2.83. The minimum atomic E-state index is -0.469. The molecule has 1 amide bonds. The number of hydrogen-bond donors (Lipinski definition) is 2. The Bertz CT molecular complexity index is 182. The highest BCUT2D eigenvalue weighted by molar-refractivity contribution is 5.84. The van der Waals surface area contributed by atoms with E-state index < -0.39 is 5.41 Å². The van der Waals surface area contributed by atoms with Crippen molar-refractivity contribution in [1.29, 1.82) is 0 Å². The van der Waals surface area contributed by atoms with Gasteiger partial charge in [-0.1, -0.05) is 6.08 Å². The van der Waals surface area contributed by atoms with Crippen LogP contribution in [0.1, 0.15) is 0 Å². The van der Waals surface area contributed by atoms with Crippen molar-refractivity contribution < 1.29 is 9.53 Å². The molecule has 1 rings (SSSR count). The molecule has 0 spiro atoms. The first-order chi connectivity index (χ1) is 5.75. The van der Waals surface area contributed by atoms with Gasteiger partial charge in [0.25, 0.3) is 0 Å². The minimum absolute atomic E-state index is 0.0313. The maximum absolute atomic E-state index is 11.4. The quantitative estimate of drug-likeness (QED) is 0.546. The summed E-state index contributed by atoms with van der Waals surface area (Å²) in [6, 6.07) is 0. The van der Waals surface area contributed by atoms with Gasteiger partial charge in [0.15, 0.2) is 0 Å². The normalized spacial score (nSPS) is 19.4. The highest BCUT2D eigenvalue weighted by Gasteiger charge is 2.44. The molecule has 0 aromatic rings. The number of carbonyl (C=O) groups excluding carboxylic acids is 1. The van der Waals surface area contributed by atoms with Gasteiger partial charge in [-0.25, -0.2) is 0 Å². The Morgan fingerprint density at radius 1 is 1.75 bits per heavy atom. The summed E-state index contributed by atoms with van der Waals surface area (Å²) in [7, 11) is 0. The number of nitrogens with two attached hydrogens (primary N) is 1. The predicted molar refractivity (Wildman–Crippen MR) is 45.5 cm³/mol. The summed E-state index contributed by atoms with van der Waals surface area (Å²) in [5, 5.41) is 2.71. The number of hydrogen-bond acceptors (Lipinski definition) is 3. The average Bonchev–Trinajstić information content (AvgIpc) is 2.00. The molecule has 12 heavy (non-hydrogen) atoms. The largest absolute Gasteiger partial charge is 0.379 e. The van der Waals surface area contributed by atoms with Gasteiger partial charge in [-0.05, 0) is 0 Å². The Morgan fingerprint density at radius 3 is 2.75 bits per heavy atom. The van der Waals surface area contributed by atoms with Crippen LogP contribution in [0.25, 0.3) is 0 Å². The molecule has 4 nitrogen and oxygen atoms in total.